The zero-order valence-corrected chi connectivity index (χ0v) is 11.2. The van der Waals surface area contributed by atoms with E-state index in [2.05, 4.69) is 15.9 Å². The third kappa shape index (κ3) is 3.04. The Kier molecular flexibility index (Phi) is 4.04. The molecule has 2 rings (SSSR count). The topological polar surface area (TPSA) is 17.1 Å². The molecule has 0 amide bonds. The Labute approximate surface area is 116 Å². The summed E-state index contributed by atoms with van der Waals surface area (Å²) in [7, 11) is 0. The van der Waals surface area contributed by atoms with Gasteiger partial charge in [-0.05, 0) is 45.8 Å². The number of Topliss-reactive ketones (excluding diaryl/α,β-unsaturated/α-hetero) is 1. The first-order chi connectivity index (χ1) is 8.99. The van der Waals surface area contributed by atoms with Crippen LogP contribution in [-0.4, -0.2) is 5.78 Å². The number of carbonyl (C=O) groups is 1. The molecule has 0 aromatic heterocycles. The molecule has 5 heteroatoms. The van der Waals surface area contributed by atoms with Crippen LogP contribution in [0.3, 0.4) is 0 Å². The van der Waals surface area contributed by atoms with Crippen molar-refractivity contribution in [1.29, 1.82) is 0 Å². The summed E-state index contributed by atoms with van der Waals surface area (Å²) in [5, 5.41) is 0. The van der Waals surface area contributed by atoms with Crippen molar-refractivity contribution in [1.82, 2.24) is 0 Å². The highest BCUT2D eigenvalue weighted by Gasteiger charge is 2.15. The minimum atomic E-state index is -1.03. The molecule has 2 aromatic rings. The summed E-state index contributed by atoms with van der Waals surface area (Å²) in [5.74, 6) is -2.94. The maximum absolute atomic E-state index is 13.4. The highest BCUT2D eigenvalue weighted by Crippen LogP contribution is 2.21. The number of hydrogen-bond donors (Lipinski definition) is 0. The van der Waals surface area contributed by atoms with Gasteiger partial charge in [0.2, 0.25) is 0 Å². The summed E-state index contributed by atoms with van der Waals surface area (Å²) in [6, 6.07) is 7.25. The molecule has 0 spiro atoms. The van der Waals surface area contributed by atoms with E-state index in [-0.39, 0.29) is 22.0 Å². The van der Waals surface area contributed by atoms with Gasteiger partial charge in [-0.1, -0.05) is 12.1 Å². The smallest absolute Gasteiger partial charge is 0.168 e. The van der Waals surface area contributed by atoms with E-state index in [4.69, 9.17) is 0 Å². The van der Waals surface area contributed by atoms with Crippen LogP contribution in [0, 0.1) is 17.5 Å². The molecule has 98 valence electrons. The standard InChI is InChI=1S/C14H8BrF3O/c15-11-7-9(16)4-5-10(11)13(19)6-8-2-1-3-12(17)14(8)18/h1-5,7H,6H2. The van der Waals surface area contributed by atoms with Crippen LogP contribution in [0.15, 0.2) is 40.9 Å². The minimum Gasteiger partial charge on any atom is -0.294 e. The predicted octanol–water partition coefficient (Wildman–Crippen LogP) is 4.29. The predicted molar refractivity (Wildman–Crippen MR) is 68.5 cm³/mol. The Balaban J connectivity index is 2.28. The van der Waals surface area contributed by atoms with Crippen molar-refractivity contribution in [3.63, 3.8) is 0 Å². The van der Waals surface area contributed by atoms with Crippen molar-refractivity contribution in [2.24, 2.45) is 0 Å². The molecule has 0 aliphatic heterocycles. The van der Waals surface area contributed by atoms with Gasteiger partial charge < -0.3 is 0 Å². The van der Waals surface area contributed by atoms with Crippen molar-refractivity contribution in [3.05, 3.63) is 69.4 Å². The zero-order chi connectivity index (χ0) is 14.0. The quantitative estimate of drug-likeness (QED) is 0.768. The van der Waals surface area contributed by atoms with E-state index in [1.54, 1.807) is 0 Å². The largest absolute Gasteiger partial charge is 0.294 e. The summed E-state index contributed by atoms with van der Waals surface area (Å²) in [6.45, 7) is 0. The van der Waals surface area contributed by atoms with Crippen LogP contribution in [0.1, 0.15) is 15.9 Å². The highest BCUT2D eigenvalue weighted by molar-refractivity contribution is 9.10. The third-order valence-corrected chi connectivity index (χ3v) is 3.27. The summed E-state index contributed by atoms with van der Waals surface area (Å²) in [5.41, 5.74) is 0.200. The zero-order valence-electron chi connectivity index (χ0n) is 9.59. The van der Waals surface area contributed by atoms with Crippen LogP contribution < -0.4 is 0 Å². The normalized spacial score (nSPS) is 10.5. The maximum Gasteiger partial charge on any atom is 0.168 e. The van der Waals surface area contributed by atoms with Gasteiger partial charge in [0.25, 0.3) is 0 Å². The maximum atomic E-state index is 13.4. The molecule has 0 aliphatic rings. The summed E-state index contributed by atoms with van der Waals surface area (Å²) in [6.07, 6.45) is -0.284. The van der Waals surface area contributed by atoms with E-state index in [0.717, 1.165) is 18.2 Å². The molecule has 0 heterocycles. The van der Waals surface area contributed by atoms with E-state index < -0.39 is 23.2 Å². The molecule has 0 N–H and O–H groups in total. The van der Waals surface area contributed by atoms with Gasteiger partial charge in [-0.2, -0.15) is 0 Å². The van der Waals surface area contributed by atoms with E-state index in [0.29, 0.717) is 0 Å². The molecule has 19 heavy (non-hydrogen) atoms. The Morgan fingerprint density at radius 1 is 1.11 bits per heavy atom. The molecule has 2 aromatic carbocycles. The summed E-state index contributed by atoms with van der Waals surface area (Å²) < 4.78 is 39.7. The lowest BCUT2D eigenvalue weighted by atomic mass is 10.0. The van der Waals surface area contributed by atoms with Crippen molar-refractivity contribution >= 4 is 21.7 Å². The third-order valence-electron chi connectivity index (χ3n) is 2.61. The van der Waals surface area contributed by atoms with Crippen molar-refractivity contribution in [3.8, 4) is 0 Å². The molecular formula is C14H8BrF3O. The Hall–Kier alpha value is -1.62. The molecule has 0 atom stereocenters. The summed E-state index contributed by atoms with van der Waals surface area (Å²) >= 11 is 3.07. The van der Waals surface area contributed by atoms with Gasteiger partial charge in [0.05, 0.1) is 0 Å². The SMILES string of the molecule is O=C(Cc1cccc(F)c1F)c1ccc(F)cc1Br. The van der Waals surface area contributed by atoms with Gasteiger partial charge in [0.15, 0.2) is 17.4 Å². The lowest BCUT2D eigenvalue weighted by Crippen LogP contribution is -2.07. The summed E-state index contributed by atoms with van der Waals surface area (Å²) in [4.78, 5) is 12.0. The van der Waals surface area contributed by atoms with E-state index >= 15 is 0 Å². The minimum absolute atomic E-state index is 0.0266. The van der Waals surface area contributed by atoms with Gasteiger partial charge in [-0.15, -0.1) is 0 Å². The molecular weight excluding hydrogens is 321 g/mol. The Morgan fingerprint density at radius 2 is 1.84 bits per heavy atom. The molecule has 0 aliphatic carbocycles. The molecule has 0 bridgehead atoms. The van der Waals surface area contributed by atoms with Crippen molar-refractivity contribution in [2.75, 3.05) is 0 Å². The number of hydrogen-bond acceptors (Lipinski definition) is 1. The van der Waals surface area contributed by atoms with Gasteiger partial charge in [0.1, 0.15) is 5.82 Å². The van der Waals surface area contributed by atoms with E-state index in [1.807, 2.05) is 0 Å². The molecule has 0 unspecified atom stereocenters. The van der Waals surface area contributed by atoms with Crippen LogP contribution in [0.25, 0.3) is 0 Å². The van der Waals surface area contributed by atoms with Gasteiger partial charge in [-0.3, -0.25) is 4.79 Å². The van der Waals surface area contributed by atoms with Gasteiger partial charge in [0, 0.05) is 16.5 Å². The number of ketones is 1. The lowest BCUT2D eigenvalue weighted by molar-refractivity contribution is 0.0991. The average molecular weight is 329 g/mol. The fraction of sp³-hybridized carbons (Fsp3) is 0.0714. The van der Waals surface area contributed by atoms with E-state index in [9.17, 15) is 18.0 Å². The Bertz CT molecular complexity index is 641. The second-order valence-electron chi connectivity index (χ2n) is 3.94. The van der Waals surface area contributed by atoms with Crippen molar-refractivity contribution < 1.29 is 18.0 Å². The number of carbonyl (C=O) groups excluding carboxylic acids is 1. The molecule has 1 nitrogen and oxygen atoms in total. The molecule has 0 radical (unpaired) electrons. The fourth-order valence-electron chi connectivity index (χ4n) is 1.67. The van der Waals surface area contributed by atoms with Crippen LogP contribution in [0.2, 0.25) is 0 Å². The first kappa shape index (κ1) is 13.8. The van der Waals surface area contributed by atoms with Crippen LogP contribution in [0.5, 0.6) is 0 Å². The van der Waals surface area contributed by atoms with Gasteiger partial charge >= 0.3 is 0 Å². The molecule has 0 saturated carbocycles. The van der Waals surface area contributed by atoms with E-state index in [1.165, 1.54) is 18.2 Å². The van der Waals surface area contributed by atoms with Crippen LogP contribution in [-0.2, 0) is 6.42 Å². The first-order valence-electron chi connectivity index (χ1n) is 5.40. The lowest BCUT2D eigenvalue weighted by Gasteiger charge is -2.05. The number of benzene rings is 2. The number of rotatable bonds is 3. The monoisotopic (exact) mass is 328 g/mol. The second-order valence-corrected chi connectivity index (χ2v) is 4.79. The number of halogens is 4. The molecule has 0 saturated heterocycles. The van der Waals surface area contributed by atoms with Crippen LogP contribution in [0.4, 0.5) is 13.2 Å². The fourth-order valence-corrected chi connectivity index (χ4v) is 2.24. The molecule has 0 fully saturated rings. The first-order valence-corrected chi connectivity index (χ1v) is 6.19. The highest BCUT2D eigenvalue weighted by atomic mass is 79.9. The average Bonchev–Trinajstić information content (AvgIpc) is 2.34. The Morgan fingerprint density at radius 3 is 2.53 bits per heavy atom. The van der Waals surface area contributed by atoms with Crippen LogP contribution >= 0.6 is 15.9 Å². The van der Waals surface area contributed by atoms with Crippen molar-refractivity contribution in [2.45, 2.75) is 6.42 Å². The second kappa shape index (κ2) is 5.57. The van der Waals surface area contributed by atoms with Gasteiger partial charge in [-0.25, -0.2) is 13.2 Å².